The van der Waals surface area contributed by atoms with Crippen molar-refractivity contribution >= 4 is 29.4 Å². The van der Waals surface area contributed by atoms with Gasteiger partial charge in [-0.1, -0.05) is 42.1 Å². The number of halogens is 2. The van der Waals surface area contributed by atoms with Gasteiger partial charge < -0.3 is 4.74 Å². The van der Waals surface area contributed by atoms with Crippen LogP contribution in [0.5, 0.6) is 5.75 Å². The Morgan fingerprint density at radius 3 is 2.50 bits per heavy atom. The van der Waals surface area contributed by atoms with Crippen LogP contribution in [-0.2, 0) is 4.79 Å². The number of thioether (sulfide) groups is 1. The molecule has 2 aromatic carbocycles. The number of imide groups is 1. The second kappa shape index (κ2) is 9.21. The lowest BCUT2D eigenvalue weighted by atomic mass is 10.2. The molecule has 1 fully saturated rings. The summed E-state index contributed by atoms with van der Waals surface area (Å²) in [4.78, 5) is 24.6. The van der Waals surface area contributed by atoms with Gasteiger partial charge in [0.1, 0.15) is 5.75 Å². The van der Waals surface area contributed by atoms with E-state index in [1.165, 1.54) is 24.3 Å². The van der Waals surface area contributed by atoms with Crippen molar-refractivity contribution in [3.05, 3.63) is 60.2 Å². The van der Waals surface area contributed by atoms with Gasteiger partial charge in [0.05, 0.1) is 5.75 Å². The summed E-state index contributed by atoms with van der Waals surface area (Å²) < 4.78 is 32.4. The first-order valence-corrected chi connectivity index (χ1v) is 11.4. The number of hydrogen-bond acceptors (Lipinski definition) is 7. The number of carbonyl (C=O) groups excluding carboxylic acids is 2. The molecule has 2 amide bonds. The second-order valence-corrected chi connectivity index (χ2v) is 8.50. The van der Waals surface area contributed by atoms with Gasteiger partial charge in [0.15, 0.2) is 5.82 Å². The molecule has 2 heterocycles. The molecule has 0 saturated heterocycles. The van der Waals surface area contributed by atoms with Crippen LogP contribution in [0.4, 0.5) is 8.78 Å². The van der Waals surface area contributed by atoms with Crippen LogP contribution < -0.4 is 10.1 Å². The molecule has 4 aromatic rings. The van der Waals surface area contributed by atoms with E-state index in [4.69, 9.17) is 0 Å². The average Bonchev–Trinajstić information content (AvgIpc) is 3.48. The van der Waals surface area contributed by atoms with Gasteiger partial charge in [-0.05, 0) is 37.1 Å². The van der Waals surface area contributed by atoms with Crippen molar-refractivity contribution in [3.8, 4) is 17.1 Å². The van der Waals surface area contributed by atoms with Gasteiger partial charge in [-0.2, -0.15) is 13.3 Å². The number of benzene rings is 2. The molecule has 1 aliphatic carbocycles. The summed E-state index contributed by atoms with van der Waals surface area (Å²) in [6.07, 6.45) is 2.09. The fraction of sp³-hybridized carbons (Fsp3) is 0.227. The van der Waals surface area contributed by atoms with Crippen LogP contribution in [0.1, 0.15) is 29.2 Å². The highest BCUT2D eigenvalue weighted by atomic mass is 32.2. The first-order chi connectivity index (χ1) is 16.5. The molecule has 174 valence electrons. The Kier molecular flexibility index (Phi) is 5.97. The number of ether oxygens (including phenoxy) is 1. The van der Waals surface area contributed by atoms with Crippen LogP contribution in [-0.4, -0.2) is 48.6 Å². The Morgan fingerprint density at radius 2 is 1.82 bits per heavy atom. The molecule has 0 bridgehead atoms. The van der Waals surface area contributed by atoms with Crippen LogP contribution in [0.15, 0.2) is 59.8 Å². The summed E-state index contributed by atoms with van der Waals surface area (Å²) in [5, 5.41) is 15.8. The number of amides is 2. The molecule has 9 nitrogen and oxygen atoms in total. The van der Waals surface area contributed by atoms with E-state index in [0.29, 0.717) is 17.0 Å². The zero-order chi connectivity index (χ0) is 23.7. The maximum absolute atomic E-state index is 12.3. The van der Waals surface area contributed by atoms with Crippen molar-refractivity contribution in [2.24, 2.45) is 0 Å². The summed E-state index contributed by atoms with van der Waals surface area (Å²) in [5.41, 5.74) is 1.10. The first-order valence-electron chi connectivity index (χ1n) is 10.4. The van der Waals surface area contributed by atoms with E-state index in [-0.39, 0.29) is 17.1 Å². The van der Waals surface area contributed by atoms with Gasteiger partial charge in [-0.15, -0.1) is 15.3 Å². The van der Waals surface area contributed by atoms with E-state index in [0.717, 1.165) is 36.0 Å². The van der Waals surface area contributed by atoms with Crippen molar-refractivity contribution in [1.29, 1.82) is 0 Å². The molecule has 1 aliphatic rings. The molecule has 0 unspecified atom stereocenters. The third-order valence-corrected chi connectivity index (χ3v) is 6.02. The van der Waals surface area contributed by atoms with E-state index in [9.17, 15) is 18.4 Å². The topological polar surface area (TPSA) is 103 Å². The molecule has 0 spiro atoms. The highest BCUT2D eigenvalue weighted by Gasteiger charge is 2.31. The summed E-state index contributed by atoms with van der Waals surface area (Å²) in [5.74, 6) is 0.0373. The van der Waals surface area contributed by atoms with E-state index in [2.05, 4.69) is 29.9 Å². The smallest absolute Gasteiger partial charge is 0.387 e. The van der Waals surface area contributed by atoms with Gasteiger partial charge in [0.25, 0.3) is 11.7 Å². The Hall–Kier alpha value is -3.80. The minimum atomic E-state index is -2.96. The number of aromatic nitrogens is 5. The molecule has 34 heavy (non-hydrogen) atoms. The van der Waals surface area contributed by atoms with Crippen LogP contribution in [0.2, 0.25) is 0 Å². The van der Waals surface area contributed by atoms with Crippen molar-refractivity contribution in [2.75, 3.05) is 5.75 Å². The average molecular weight is 484 g/mol. The molecule has 0 aliphatic heterocycles. The molecule has 2 aromatic heterocycles. The van der Waals surface area contributed by atoms with Crippen molar-refractivity contribution in [3.63, 3.8) is 0 Å². The largest absolute Gasteiger partial charge is 0.435 e. The third kappa shape index (κ3) is 4.62. The van der Waals surface area contributed by atoms with E-state index in [1.807, 2.05) is 30.3 Å². The Balaban J connectivity index is 1.26. The Labute approximate surface area is 196 Å². The molecule has 1 N–H and O–H groups in total. The molecule has 12 heteroatoms. The molecule has 0 atom stereocenters. The Morgan fingerprint density at radius 1 is 1.09 bits per heavy atom. The number of nitrogens with zero attached hydrogens (tertiary/aromatic N) is 5. The Bertz CT molecular complexity index is 1340. The monoisotopic (exact) mass is 484 g/mol. The number of fused-ring (bicyclic) bond motifs is 1. The maximum Gasteiger partial charge on any atom is 0.387 e. The quantitative estimate of drug-likeness (QED) is 0.381. The van der Waals surface area contributed by atoms with Crippen LogP contribution in [0.25, 0.3) is 17.2 Å². The van der Waals surface area contributed by atoms with Gasteiger partial charge in [0.2, 0.25) is 11.1 Å². The normalized spacial score (nSPS) is 13.4. The van der Waals surface area contributed by atoms with Gasteiger partial charge in [-0.3, -0.25) is 19.5 Å². The van der Waals surface area contributed by atoms with Gasteiger partial charge >= 0.3 is 6.61 Å². The number of carbonyl (C=O) groups is 2. The SMILES string of the molecule is O=C(CSc1nnc2n(C3CC3)c(-c3ccccc3)nn12)NC(=O)c1ccc(OC(F)F)cc1. The molecule has 1 saturated carbocycles. The predicted octanol–water partition coefficient (Wildman–Crippen LogP) is 3.58. The van der Waals surface area contributed by atoms with Crippen LogP contribution in [0, 0.1) is 0 Å². The van der Waals surface area contributed by atoms with Gasteiger partial charge in [-0.25, -0.2) is 0 Å². The van der Waals surface area contributed by atoms with Crippen molar-refractivity contribution in [1.82, 2.24) is 29.7 Å². The maximum atomic E-state index is 12.3. The van der Waals surface area contributed by atoms with E-state index in [1.54, 1.807) is 4.52 Å². The highest BCUT2D eigenvalue weighted by molar-refractivity contribution is 7.99. The standard InChI is InChI=1S/C22H18F2N6O3S/c23-20(24)33-16-10-6-14(7-11-16)19(32)25-17(31)12-34-22-27-26-21-29(15-8-9-15)18(28-30(21)22)13-4-2-1-3-5-13/h1-7,10-11,15,20H,8-9,12H2,(H,25,31,32). The minimum Gasteiger partial charge on any atom is -0.435 e. The molecular formula is C22H18F2N6O3S. The highest BCUT2D eigenvalue weighted by Crippen LogP contribution is 2.39. The number of rotatable bonds is 8. The van der Waals surface area contributed by atoms with Crippen molar-refractivity contribution in [2.45, 2.75) is 30.7 Å². The van der Waals surface area contributed by atoms with E-state index < -0.39 is 18.4 Å². The lowest BCUT2D eigenvalue weighted by Crippen LogP contribution is -2.31. The zero-order valence-corrected chi connectivity index (χ0v) is 18.4. The predicted molar refractivity (Wildman–Crippen MR) is 119 cm³/mol. The summed E-state index contributed by atoms with van der Waals surface area (Å²) >= 11 is 1.11. The fourth-order valence-corrected chi connectivity index (χ4v) is 4.10. The van der Waals surface area contributed by atoms with E-state index >= 15 is 0 Å². The van der Waals surface area contributed by atoms with Gasteiger partial charge in [0, 0.05) is 17.2 Å². The summed E-state index contributed by atoms with van der Waals surface area (Å²) in [7, 11) is 0. The third-order valence-electron chi connectivity index (χ3n) is 5.10. The summed E-state index contributed by atoms with van der Waals surface area (Å²) in [6.45, 7) is -2.96. The molecule has 5 rings (SSSR count). The minimum absolute atomic E-state index is 0.0789. The number of nitrogens with one attached hydrogen (secondary N) is 1. The fourth-order valence-electron chi connectivity index (χ4n) is 3.43. The van der Waals surface area contributed by atoms with Crippen LogP contribution >= 0.6 is 11.8 Å². The number of alkyl halides is 2. The van der Waals surface area contributed by atoms with Crippen LogP contribution in [0.3, 0.4) is 0 Å². The summed E-state index contributed by atoms with van der Waals surface area (Å²) in [6, 6.07) is 15.2. The number of hydrogen-bond donors (Lipinski definition) is 1. The second-order valence-electron chi connectivity index (χ2n) is 7.55. The lowest BCUT2D eigenvalue weighted by molar-refractivity contribution is -0.117. The lowest BCUT2D eigenvalue weighted by Gasteiger charge is -2.06. The molecule has 0 radical (unpaired) electrons. The van der Waals surface area contributed by atoms with Crippen molar-refractivity contribution < 1.29 is 23.1 Å². The first kappa shape index (κ1) is 22.0. The zero-order valence-electron chi connectivity index (χ0n) is 17.6. The molecular weight excluding hydrogens is 466 g/mol.